The van der Waals surface area contributed by atoms with E-state index in [-0.39, 0.29) is 18.7 Å². The molecule has 3 rings (SSSR count). The van der Waals surface area contributed by atoms with Gasteiger partial charge in [-0.3, -0.25) is 4.79 Å². The lowest BCUT2D eigenvalue weighted by Gasteiger charge is -2.20. The van der Waals surface area contributed by atoms with E-state index < -0.39 is 0 Å². The van der Waals surface area contributed by atoms with E-state index in [2.05, 4.69) is 62.6 Å². The highest BCUT2D eigenvalue weighted by Crippen LogP contribution is 2.34. The van der Waals surface area contributed by atoms with Crippen molar-refractivity contribution in [2.24, 2.45) is 5.92 Å². The third kappa shape index (κ3) is 4.80. The first-order valence-corrected chi connectivity index (χ1v) is 9.56. The van der Waals surface area contributed by atoms with Crippen molar-refractivity contribution in [2.45, 2.75) is 39.7 Å². The molecule has 3 N–H and O–H groups in total. The number of fused-ring (bicyclic) bond motifs is 1. The number of carbonyl (C=O) groups excluding carboxylic acids is 1. The number of hydrogen-bond donors (Lipinski definition) is 2. The van der Waals surface area contributed by atoms with Crippen LogP contribution in [0.25, 0.3) is 0 Å². The summed E-state index contributed by atoms with van der Waals surface area (Å²) in [6, 6.07) is 14.4. The van der Waals surface area contributed by atoms with E-state index in [1.165, 1.54) is 11.1 Å². The highest BCUT2D eigenvalue weighted by molar-refractivity contribution is 5.91. The molecule has 1 aliphatic rings. The topological polar surface area (TPSA) is 64.2 Å². The first-order valence-electron chi connectivity index (χ1n) is 9.56. The standard InChI is InChI=1S/C22H28N2O3/c1-14(2)16-5-7-17(8-6-16)22(15(3)4)23-12-21(25)24-18-9-10-19-20(11-18)27-13-26-19/h5-11,14-15,22-23H,12-13H2,1-4H3,(H,24,25)/p+1/t22-/m0/s1. The molecule has 0 saturated carbocycles. The zero-order valence-corrected chi connectivity index (χ0v) is 16.5. The quantitative estimate of drug-likeness (QED) is 0.786. The van der Waals surface area contributed by atoms with Crippen LogP contribution in [0, 0.1) is 5.92 Å². The van der Waals surface area contributed by atoms with Gasteiger partial charge < -0.3 is 20.1 Å². The Hall–Kier alpha value is -2.53. The SMILES string of the molecule is CC(C)c1ccc([C@@H]([NH2+]CC(=O)Nc2ccc3c(c2)OCO3)C(C)C)cc1. The Labute approximate surface area is 161 Å². The lowest BCUT2D eigenvalue weighted by molar-refractivity contribution is -0.692. The molecule has 0 unspecified atom stereocenters. The fourth-order valence-corrected chi connectivity index (χ4v) is 3.32. The monoisotopic (exact) mass is 369 g/mol. The molecule has 0 fully saturated rings. The van der Waals surface area contributed by atoms with Crippen LogP contribution in [0.1, 0.15) is 50.8 Å². The van der Waals surface area contributed by atoms with Crippen molar-refractivity contribution >= 4 is 11.6 Å². The number of nitrogens with two attached hydrogens (primary N) is 1. The number of anilines is 1. The highest BCUT2D eigenvalue weighted by atomic mass is 16.7. The number of nitrogens with one attached hydrogen (secondary N) is 1. The summed E-state index contributed by atoms with van der Waals surface area (Å²) in [5, 5.41) is 5.04. The maximum Gasteiger partial charge on any atom is 0.279 e. The number of rotatable bonds is 7. The normalized spacial score (nSPS) is 13.9. The molecule has 1 amide bonds. The van der Waals surface area contributed by atoms with Gasteiger partial charge in [-0.2, -0.15) is 0 Å². The average molecular weight is 369 g/mol. The van der Waals surface area contributed by atoms with E-state index in [0.717, 1.165) is 5.69 Å². The number of amides is 1. The minimum Gasteiger partial charge on any atom is -0.454 e. The molecule has 0 aliphatic carbocycles. The van der Waals surface area contributed by atoms with Crippen molar-refractivity contribution in [1.29, 1.82) is 0 Å². The molecule has 0 radical (unpaired) electrons. The summed E-state index contributed by atoms with van der Waals surface area (Å²) in [5.74, 6) is 2.30. The summed E-state index contributed by atoms with van der Waals surface area (Å²) < 4.78 is 10.6. The van der Waals surface area contributed by atoms with Crippen LogP contribution in [-0.2, 0) is 4.79 Å². The minimum absolute atomic E-state index is 0.0293. The number of benzene rings is 2. The predicted octanol–water partition coefficient (Wildman–Crippen LogP) is 3.44. The summed E-state index contributed by atoms with van der Waals surface area (Å²) in [6.45, 7) is 9.36. The fraction of sp³-hybridized carbons (Fsp3) is 0.409. The van der Waals surface area contributed by atoms with Gasteiger partial charge in [-0.1, -0.05) is 52.0 Å². The van der Waals surface area contributed by atoms with Gasteiger partial charge in [-0.25, -0.2) is 0 Å². The second kappa shape index (κ2) is 8.44. The second-order valence-corrected chi connectivity index (χ2v) is 7.65. The molecular formula is C22H29N2O3+. The van der Waals surface area contributed by atoms with Gasteiger partial charge in [0.05, 0.1) is 0 Å². The zero-order valence-electron chi connectivity index (χ0n) is 16.5. The van der Waals surface area contributed by atoms with Gasteiger partial charge in [0, 0.05) is 23.2 Å². The van der Waals surface area contributed by atoms with E-state index in [1.807, 2.05) is 12.1 Å². The zero-order chi connectivity index (χ0) is 19.4. The molecule has 27 heavy (non-hydrogen) atoms. The van der Waals surface area contributed by atoms with Gasteiger partial charge in [-0.15, -0.1) is 0 Å². The molecule has 0 bridgehead atoms. The molecule has 2 aromatic rings. The molecule has 5 heteroatoms. The third-order valence-electron chi connectivity index (χ3n) is 4.92. The molecule has 144 valence electrons. The van der Waals surface area contributed by atoms with Crippen LogP contribution >= 0.6 is 0 Å². The van der Waals surface area contributed by atoms with Crippen molar-refractivity contribution in [2.75, 3.05) is 18.7 Å². The summed E-state index contributed by atoms with van der Waals surface area (Å²) in [6.07, 6.45) is 0. The largest absolute Gasteiger partial charge is 0.454 e. The first kappa shape index (κ1) is 19.2. The van der Waals surface area contributed by atoms with Gasteiger partial charge in [0.2, 0.25) is 6.79 Å². The average Bonchev–Trinajstić information content (AvgIpc) is 3.09. The van der Waals surface area contributed by atoms with Crippen molar-refractivity contribution in [1.82, 2.24) is 0 Å². The predicted molar refractivity (Wildman–Crippen MR) is 106 cm³/mol. The molecular weight excluding hydrogens is 340 g/mol. The van der Waals surface area contributed by atoms with Gasteiger partial charge >= 0.3 is 0 Å². The van der Waals surface area contributed by atoms with Crippen molar-refractivity contribution in [3.63, 3.8) is 0 Å². The summed E-state index contributed by atoms with van der Waals surface area (Å²) in [5.41, 5.74) is 3.31. The van der Waals surface area contributed by atoms with Gasteiger partial charge in [0.15, 0.2) is 18.0 Å². The van der Waals surface area contributed by atoms with Crippen molar-refractivity contribution < 1.29 is 19.6 Å². The van der Waals surface area contributed by atoms with Crippen LogP contribution in [0.15, 0.2) is 42.5 Å². The number of hydrogen-bond acceptors (Lipinski definition) is 3. The van der Waals surface area contributed by atoms with Gasteiger partial charge in [-0.05, 0) is 23.6 Å². The second-order valence-electron chi connectivity index (χ2n) is 7.65. The molecule has 0 aromatic heterocycles. The summed E-state index contributed by atoms with van der Waals surface area (Å²) in [7, 11) is 0. The third-order valence-corrected chi connectivity index (χ3v) is 4.92. The van der Waals surface area contributed by atoms with Crippen LogP contribution in [0.2, 0.25) is 0 Å². The Balaban J connectivity index is 1.59. The fourth-order valence-electron chi connectivity index (χ4n) is 3.32. The lowest BCUT2D eigenvalue weighted by atomic mass is 9.93. The van der Waals surface area contributed by atoms with Crippen LogP contribution < -0.4 is 20.1 Å². The highest BCUT2D eigenvalue weighted by Gasteiger charge is 2.21. The van der Waals surface area contributed by atoms with Crippen molar-refractivity contribution in [3.05, 3.63) is 53.6 Å². The van der Waals surface area contributed by atoms with Crippen LogP contribution in [-0.4, -0.2) is 19.2 Å². The Kier molecular flexibility index (Phi) is 6.01. The molecule has 5 nitrogen and oxygen atoms in total. The number of carbonyl (C=O) groups is 1. The first-order chi connectivity index (χ1) is 12.9. The maximum atomic E-state index is 12.4. The van der Waals surface area contributed by atoms with Gasteiger partial charge in [0.1, 0.15) is 6.04 Å². The molecule has 2 aromatic carbocycles. The molecule has 1 atom stereocenters. The van der Waals surface area contributed by atoms with Crippen molar-refractivity contribution in [3.8, 4) is 11.5 Å². The van der Waals surface area contributed by atoms with Crippen LogP contribution in [0.3, 0.4) is 0 Å². The van der Waals surface area contributed by atoms with Gasteiger partial charge in [0.25, 0.3) is 5.91 Å². The minimum atomic E-state index is -0.0293. The molecule has 1 aliphatic heterocycles. The van der Waals surface area contributed by atoms with Crippen LogP contribution in [0.5, 0.6) is 11.5 Å². The van der Waals surface area contributed by atoms with Crippen LogP contribution in [0.4, 0.5) is 5.69 Å². The van der Waals surface area contributed by atoms with E-state index in [0.29, 0.717) is 29.9 Å². The van der Waals surface area contributed by atoms with E-state index in [1.54, 1.807) is 6.07 Å². The molecule has 1 heterocycles. The molecule has 0 saturated heterocycles. The smallest absolute Gasteiger partial charge is 0.279 e. The van der Waals surface area contributed by atoms with E-state index in [9.17, 15) is 4.79 Å². The summed E-state index contributed by atoms with van der Waals surface area (Å²) >= 11 is 0. The van der Waals surface area contributed by atoms with E-state index in [4.69, 9.17) is 9.47 Å². The summed E-state index contributed by atoms with van der Waals surface area (Å²) in [4.78, 5) is 12.4. The Morgan fingerprint density at radius 1 is 1.00 bits per heavy atom. The van der Waals surface area contributed by atoms with E-state index >= 15 is 0 Å². The number of quaternary nitrogens is 1. The Morgan fingerprint density at radius 2 is 1.67 bits per heavy atom. The lowest BCUT2D eigenvalue weighted by Crippen LogP contribution is -2.88. The Morgan fingerprint density at radius 3 is 2.33 bits per heavy atom. The molecule has 0 spiro atoms. The Bertz CT molecular complexity index is 785. The number of ether oxygens (including phenoxy) is 2. The maximum absolute atomic E-state index is 12.4.